The number of amides is 1. The highest BCUT2D eigenvalue weighted by Crippen LogP contribution is 2.50. The van der Waals surface area contributed by atoms with Crippen LogP contribution in [0.25, 0.3) is 37.0 Å². The van der Waals surface area contributed by atoms with E-state index in [1.807, 2.05) is 11.9 Å². The molecule has 2 aliphatic heterocycles. The molecule has 10 nitrogen and oxygen atoms in total. The molecule has 50 heavy (non-hydrogen) atoms. The molecule has 0 bridgehead atoms. The molecule has 2 saturated heterocycles. The topological polar surface area (TPSA) is 101 Å². The molecule has 6 rings (SSSR count). The van der Waals surface area contributed by atoms with Crippen LogP contribution in [0.4, 0.5) is 38.5 Å². The summed E-state index contributed by atoms with van der Waals surface area (Å²) in [7, 11) is 5.12. The lowest BCUT2D eigenvalue weighted by Crippen LogP contribution is -2.43. The van der Waals surface area contributed by atoms with E-state index in [0.29, 0.717) is 37.3 Å². The highest BCUT2D eigenvalue weighted by molar-refractivity contribution is 7.23. The van der Waals surface area contributed by atoms with E-state index in [1.54, 1.807) is 30.9 Å². The van der Waals surface area contributed by atoms with Crippen molar-refractivity contribution in [3.8, 4) is 17.1 Å². The van der Waals surface area contributed by atoms with Crippen LogP contribution >= 0.6 is 11.3 Å². The number of hydrogen-bond donors (Lipinski definition) is 1. The number of aromatic nitrogens is 2. The van der Waals surface area contributed by atoms with Crippen molar-refractivity contribution in [2.75, 3.05) is 51.5 Å². The zero-order valence-corrected chi connectivity index (χ0v) is 28.5. The number of thiophene rings is 1. The van der Waals surface area contributed by atoms with Crippen LogP contribution in [0.1, 0.15) is 25.3 Å². The molecular formula is C34H34F5N7O3S. The second kappa shape index (κ2) is 13.3. The summed E-state index contributed by atoms with van der Waals surface area (Å²) >= 11 is 0.695. The summed E-state index contributed by atoms with van der Waals surface area (Å²) in [5.74, 6) is -2.50. The van der Waals surface area contributed by atoms with E-state index >= 15 is 4.39 Å². The van der Waals surface area contributed by atoms with Crippen molar-refractivity contribution in [2.45, 2.75) is 50.2 Å². The van der Waals surface area contributed by atoms with Gasteiger partial charge in [0.15, 0.2) is 5.82 Å². The minimum Gasteiger partial charge on any atom is -0.462 e. The van der Waals surface area contributed by atoms with E-state index in [1.165, 1.54) is 6.08 Å². The molecule has 2 aromatic carbocycles. The number of nitrogens with two attached hydrogens (primary N) is 1. The molecule has 0 spiro atoms. The number of benzene rings is 2. The summed E-state index contributed by atoms with van der Waals surface area (Å²) in [6.45, 7) is 14.1. The van der Waals surface area contributed by atoms with E-state index in [-0.39, 0.29) is 68.2 Å². The van der Waals surface area contributed by atoms with Gasteiger partial charge < -0.3 is 25.0 Å². The van der Waals surface area contributed by atoms with Gasteiger partial charge in [0.25, 0.3) is 0 Å². The fourth-order valence-corrected chi connectivity index (χ4v) is 8.03. The van der Waals surface area contributed by atoms with E-state index < -0.39 is 46.5 Å². The Morgan fingerprint density at radius 1 is 1.30 bits per heavy atom. The lowest BCUT2D eigenvalue weighted by molar-refractivity contribution is -0.137. The number of carbonyl (C=O) groups excluding carboxylic acids is 1. The average molecular weight is 716 g/mol. The Bertz CT molecular complexity index is 2050. The van der Waals surface area contributed by atoms with Crippen LogP contribution in [-0.4, -0.2) is 90.8 Å². The van der Waals surface area contributed by atoms with Crippen LogP contribution in [-0.2, 0) is 15.7 Å². The number of hydrogen-bond acceptors (Lipinski definition) is 9. The Kier molecular flexibility index (Phi) is 9.35. The number of ether oxygens (including phenoxy) is 2. The fourth-order valence-electron chi connectivity index (χ4n) is 7.10. The van der Waals surface area contributed by atoms with Crippen molar-refractivity contribution < 1.29 is 36.2 Å². The summed E-state index contributed by atoms with van der Waals surface area (Å²) in [5.41, 5.74) is 2.58. The van der Waals surface area contributed by atoms with Crippen molar-refractivity contribution in [2.24, 2.45) is 0 Å². The van der Waals surface area contributed by atoms with E-state index in [2.05, 4.69) is 21.4 Å². The Morgan fingerprint density at radius 3 is 2.68 bits per heavy atom. The monoisotopic (exact) mass is 715 g/mol. The first-order chi connectivity index (χ1) is 23.7. The van der Waals surface area contributed by atoms with Crippen LogP contribution in [0.5, 0.6) is 6.01 Å². The predicted octanol–water partition coefficient (Wildman–Crippen LogP) is 6.65. The number of alkyl halides is 3. The highest BCUT2D eigenvalue weighted by atomic mass is 32.1. The third-order valence-corrected chi connectivity index (χ3v) is 10.8. The molecule has 264 valence electrons. The molecule has 0 saturated carbocycles. The molecular weight excluding hydrogens is 681 g/mol. The number of nitrogen functional groups attached to an aromatic ring is 1. The zero-order chi connectivity index (χ0) is 36.2. The molecule has 2 N–H and O–H groups in total. The van der Waals surface area contributed by atoms with Gasteiger partial charge in [-0.15, -0.1) is 11.3 Å². The van der Waals surface area contributed by atoms with Gasteiger partial charge in [0.05, 0.1) is 34.0 Å². The van der Waals surface area contributed by atoms with Gasteiger partial charge in [0.2, 0.25) is 11.6 Å². The molecule has 2 aromatic heterocycles. The third kappa shape index (κ3) is 5.96. The Labute approximate surface area is 288 Å². The first kappa shape index (κ1) is 35.2. The molecule has 2 aliphatic rings. The van der Waals surface area contributed by atoms with Crippen molar-refractivity contribution in [3.63, 3.8) is 0 Å². The van der Waals surface area contributed by atoms with Gasteiger partial charge in [0, 0.05) is 55.7 Å². The minimum atomic E-state index is -5.10. The lowest BCUT2D eigenvalue weighted by atomic mass is 9.93. The van der Waals surface area contributed by atoms with Gasteiger partial charge in [-0.05, 0) is 50.6 Å². The number of anilines is 2. The number of likely N-dealkylation sites (N-methyl/N-ethyl adjacent to an activating group) is 2. The second-order valence-corrected chi connectivity index (χ2v) is 13.6. The van der Waals surface area contributed by atoms with Gasteiger partial charge in [-0.1, -0.05) is 12.6 Å². The molecule has 0 radical (unpaired) electrons. The van der Waals surface area contributed by atoms with Crippen LogP contribution in [0.2, 0.25) is 0 Å². The number of methoxy groups -OCH3 is 1. The normalized spacial score (nSPS) is 21.2. The van der Waals surface area contributed by atoms with Crippen molar-refractivity contribution in [3.05, 3.63) is 59.5 Å². The second-order valence-electron chi connectivity index (χ2n) is 12.5. The quantitative estimate of drug-likeness (QED) is 0.123. The largest absolute Gasteiger partial charge is 0.462 e. The Hall–Kier alpha value is -4.59. The summed E-state index contributed by atoms with van der Waals surface area (Å²) in [4.78, 5) is 30.0. The van der Waals surface area contributed by atoms with Crippen molar-refractivity contribution in [1.82, 2.24) is 19.8 Å². The molecule has 0 aliphatic carbocycles. The maximum Gasteiger partial charge on any atom is 0.417 e. The maximum atomic E-state index is 17.1. The van der Waals surface area contributed by atoms with E-state index in [4.69, 9.17) is 21.8 Å². The standard InChI is InChI=1S/C34H34F5N7O3S/c1-7-24(47)46-11-10-23(16(46)2)45(5)32-20-13-21(34(37,38)39)25(19-8-9-22(35)30-26(19)29(41-3)31(40)50-30)27(36)28(20)42-33(43-32)49-15-17-12-18(48-6)14-44(17)4/h7-9,13,16-18,23H,1,10-12,14-15,40H2,2,4-6H3/t16-,17+,18-,23?/m1/s1. The fraction of sp³-hybridized carbons (Fsp3) is 0.412. The Morgan fingerprint density at radius 2 is 2.04 bits per heavy atom. The summed E-state index contributed by atoms with van der Waals surface area (Å²) in [5, 5.41) is -0.585. The minimum absolute atomic E-state index is 0.0299. The van der Waals surface area contributed by atoms with Gasteiger partial charge in [-0.3, -0.25) is 9.69 Å². The molecule has 4 aromatic rings. The van der Waals surface area contributed by atoms with E-state index in [0.717, 1.165) is 18.2 Å². The van der Waals surface area contributed by atoms with Crippen molar-refractivity contribution in [1.29, 1.82) is 0 Å². The van der Waals surface area contributed by atoms with Crippen LogP contribution < -0.4 is 15.4 Å². The van der Waals surface area contributed by atoms with Gasteiger partial charge in [0.1, 0.15) is 23.8 Å². The molecule has 2 fully saturated rings. The van der Waals surface area contributed by atoms with Crippen molar-refractivity contribution >= 4 is 54.7 Å². The molecule has 4 heterocycles. The number of nitrogens with zero attached hydrogens (tertiary/aromatic N) is 6. The van der Waals surface area contributed by atoms with Crippen LogP contribution in [0.3, 0.4) is 0 Å². The number of halogens is 5. The third-order valence-electron chi connectivity index (χ3n) is 9.76. The predicted molar refractivity (Wildman–Crippen MR) is 181 cm³/mol. The molecule has 1 unspecified atom stereocenters. The Balaban J connectivity index is 1.58. The zero-order valence-electron chi connectivity index (χ0n) is 27.6. The lowest BCUT2D eigenvalue weighted by Gasteiger charge is -2.32. The van der Waals surface area contributed by atoms with Crippen LogP contribution in [0.15, 0.2) is 30.9 Å². The van der Waals surface area contributed by atoms with Gasteiger partial charge >= 0.3 is 12.2 Å². The SMILES string of the molecule is [C-]#[N+]c1c(N)sc2c(F)ccc(-c3c(C(F)(F)F)cc4c(N(C)C5CCN(C(=O)C=C)[C@@H]5C)nc(OC[C@@H]5C[C@@H](OC)CN5C)nc4c3F)c12. The summed E-state index contributed by atoms with van der Waals surface area (Å²) in [6.07, 6.45) is -2.85. The summed E-state index contributed by atoms with van der Waals surface area (Å²) < 4.78 is 88.3. The van der Waals surface area contributed by atoms with Gasteiger partial charge in [-0.25, -0.2) is 13.6 Å². The number of likely N-dealkylation sites (tertiary alicyclic amines) is 2. The first-order valence-corrected chi connectivity index (χ1v) is 16.5. The number of fused-ring (bicyclic) bond motifs is 2. The van der Waals surface area contributed by atoms with E-state index in [9.17, 15) is 22.4 Å². The average Bonchev–Trinajstić information content (AvgIpc) is 3.76. The molecule has 1 amide bonds. The summed E-state index contributed by atoms with van der Waals surface area (Å²) in [6, 6.07) is 1.51. The van der Waals surface area contributed by atoms with Crippen LogP contribution in [0, 0.1) is 18.2 Å². The highest BCUT2D eigenvalue weighted by Gasteiger charge is 2.40. The van der Waals surface area contributed by atoms with Gasteiger partial charge in [-0.2, -0.15) is 23.1 Å². The first-order valence-electron chi connectivity index (χ1n) is 15.7. The smallest absolute Gasteiger partial charge is 0.417 e. The molecule has 16 heteroatoms. The number of rotatable bonds is 8. The maximum absolute atomic E-state index is 17.1. The molecule has 4 atom stereocenters. The number of carbonyl (C=O) groups is 1.